The molecule has 3 nitrogen and oxygen atoms in total. The van der Waals surface area contributed by atoms with E-state index in [9.17, 15) is 0 Å². The van der Waals surface area contributed by atoms with Crippen LogP contribution in [0.3, 0.4) is 0 Å². The van der Waals surface area contributed by atoms with Gasteiger partial charge >= 0.3 is 0 Å². The molecule has 0 aliphatic rings. The molecule has 0 saturated heterocycles. The highest BCUT2D eigenvalue weighted by Gasteiger charge is 2.13. The lowest BCUT2D eigenvalue weighted by atomic mass is 9.96. The largest absolute Gasteiger partial charge is 0.376 e. The van der Waals surface area contributed by atoms with Gasteiger partial charge in [0.05, 0.1) is 17.1 Å². The van der Waals surface area contributed by atoms with Crippen molar-refractivity contribution in [2.75, 3.05) is 5.32 Å². The van der Waals surface area contributed by atoms with Crippen molar-refractivity contribution in [3.63, 3.8) is 0 Å². The van der Waals surface area contributed by atoms with Gasteiger partial charge in [-0.05, 0) is 63.8 Å². The summed E-state index contributed by atoms with van der Waals surface area (Å²) in [5.41, 5.74) is 8.60. The Labute approximate surface area is 115 Å². The SMILES string of the molecule is Cc1cc(C)c(C(C)Nc2c(C)n[nH]c2C)cc1C. The summed E-state index contributed by atoms with van der Waals surface area (Å²) in [5, 5.41) is 10.8. The highest BCUT2D eigenvalue weighted by atomic mass is 15.2. The van der Waals surface area contributed by atoms with E-state index in [4.69, 9.17) is 0 Å². The molecule has 0 aliphatic heterocycles. The second-order valence-corrected chi connectivity index (χ2v) is 5.47. The second kappa shape index (κ2) is 5.08. The molecule has 102 valence electrons. The molecule has 0 radical (unpaired) electrons. The van der Waals surface area contributed by atoms with Gasteiger partial charge in [-0.25, -0.2) is 0 Å². The van der Waals surface area contributed by atoms with Crippen molar-refractivity contribution in [3.05, 3.63) is 45.8 Å². The molecule has 1 atom stereocenters. The maximum Gasteiger partial charge on any atom is 0.0825 e. The van der Waals surface area contributed by atoms with Crippen molar-refractivity contribution in [2.24, 2.45) is 0 Å². The number of H-pyrrole nitrogens is 1. The van der Waals surface area contributed by atoms with Crippen molar-refractivity contribution in [2.45, 2.75) is 47.6 Å². The molecule has 1 aromatic carbocycles. The third kappa shape index (κ3) is 2.65. The molecule has 3 heteroatoms. The van der Waals surface area contributed by atoms with Gasteiger partial charge in [0.1, 0.15) is 0 Å². The Morgan fingerprint density at radius 1 is 1.00 bits per heavy atom. The fraction of sp³-hybridized carbons (Fsp3) is 0.438. The van der Waals surface area contributed by atoms with E-state index in [-0.39, 0.29) is 6.04 Å². The Morgan fingerprint density at radius 3 is 2.21 bits per heavy atom. The smallest absolute Gasteiger partial charge is 0.0825 e. The van der Waals surface area contributed by atoms with E-state index >= 15 is 0 Å². The van der Waals surface area contributed by atoms with Crippen molar-refractivity contribution in [1.82, 2.24) is 10.2 Å². The van der Waals surface area contributed by atoms with Crippen molar-refractivity contribution >= 4 is 5.69 Å². The highest BCUT2D eigenvalue weighted by molar-refractivity contribution is 5.53. The maximum absolute atomic E-state index is 4.23. The molecular formula is C16H23N3. The van der Waals surface area contributed by atoms with E-state index in [2.05, 4.69) is 55.3 Å². The number of benzene rings is 1. The summed E-state index contributed by atoms with van der Waals surface area (Å²) in [6, 6.07) is 4.82. The third-order valence-electron chi connectivity index (χ3n) is 3.84. The molecule has 2 rings (SSSR count). The highest BCUT2D eigenvalue weighted by Crippen LogP contribution is 2.27. The van der Waals surface area contributed by atoms with Crippen LogP contribution in [0.5, 0.6) is 0 Å². The first-order chi connectivity index (χ1) is 8.90. The zero-order valence-corrected chi connectivity index (χ0v) is 12.7. The summed E-state index contributed by atoms with van der Waals surface area (Å²) in [4.78, 5) is 0. The van der Waals surface area contributed by atoms with E-state index < -0.39 is 0 Å². The van der Waals surface area contributed by atoms with Crippen LogP contribution in [0.1, 0.15) is 46.6 Å². The standard InChI is InChI=1S/C16H23N3/c1-9-7-11(3)15(8-10(9)2)12(4)17-16-13(5)18-19-14(16)6/h7-8,12,17H,1-6H3,(H,18,19). The van der Waals surface area contributed by atoms with Crippen LogP contribution in [-0.4, -0.2) is 10.2 Å². The predicted octanol–water partition coefficient (Wildman–Crippen LogP) is 4.12. The van der Waals surface area contributed by atoms with Gasteiger partial charge in [0, 0.05) is 6.04 Å². The first-order valence-electron chi connectivity index (χ1n) is 6.76. The van der Waals surface area contributed by atoms with Crippen molar-refractivity contribution in [3.8, 4) is 0 Å². The molecule has 0 fully saturated rings. The van der Waals surface area contributed by atoms with Gasteiger partial charge in [-0.3, -0.25) is 5.10 Å². The van der Waals surface area contributed by atoms with Gasteiger partial charge in [-0.15, -0.1) is 0 Å². The molecule has 0 bridgehead atoms. The molecule has 1 aromatic heterocycles. The summed E-state index contributed by atoms with van der Waals surface area (Å²) >= 11 is 0. The quantitative estimate of drug-likeness (QED) is 0.868. The molecule has 0 spiro atoms. The van der Waals surface area contributed by atoms with Crippen LogP contribution in [0.25, 0.3) is 0 Å². The van der Waals surface area contributed by atoms with Crippen molar-refractivity contribution in [1.29, 1.82) is 0 Å². The number of rotatable bonds is 3. The minimum atomic E-state index is 0.272. The molecular weight excluding hydrogens is 234 g/mol. The zero-order valence-electron chi connectivity index (χ0n) is 12.7. The Bertz CT molecular complexity index is 577. The number of hydrogen-bond acceptors (Lipinski definition) is 2. The van der Waals surface area contributed by atoms with Crippen LogP contribution in [0, 0.1) is 34.6 Å². The normalized spacial score (nSPS) is 12.5. The fourth-order valence-electron chi connectivity index (χ4n) is 2.51. The Balaban J connectivity index is 2.30. The van der Waals surface area contributed by atoms with E-state index in [0.29, 0.717) is 0 Å². The summed E-state index contributed by atoms with van der Waals surface area (Å²) in [7, 11) is 0. The summed E-state index contributed by atoms with van der Waals surface area (Å²) in [6.07, 6.45) is 0. The lowest BCUT2D eigenvalue weighted by Crippen LogP contribution is -2.10. The molecule has 19 heavy (non-hydrogen) atoms. The molecule has 1 heterocycles. The lowest BCUT2D eigenvalue weighted by molar-refractivity contribution is 0.867. The molecule has 2 aromatic rings. The number of nitrogens with one attached hydrogen (secondary N) is 2. The van der Waals surface area contributed by atoms with Gasteiger partial charge in [0.2, 0.25) is 0 Å². The Hall–Kier alpha value is -1.77. The minimum Gasteiger partial charge on any atom is -0.376 e. The van der Waals surface area contributed by atoms with Gasteiger partial charge < -0.3 is 5.32 Å². The maximum atomic E-state index is 4.23. The number of nitrogens with zero attached hydrogens (tertiary/aromatic N) is 1. The Morgan fingerprint density at radius 2 is 1.63 bits per heavy atom. The van der Waals surface area contributed by atoms with E-state index in [1.165, 1.54) is 22.3 Å². The lowest BCUT2D eigenvalue weighted by Gasteiger charge is -2.19. The van der Waals surface area contributed by atoms with Crippen LogP contribution in [0.15, 0.2) is 12.1 Å². The van der Waals surface area contributed by atoms with E-state index in [0.717, 1.165) is 17.1 Å². The van der Waals surface area contributed by atoms with E-state index in [1.54, 1.807) is 0 Å². The molecule has 0 aliphatic carbocycles. The van der Waals surface area contributed by atoms with Crippen LogP contribution < -0.4 is 5.32 Å². The fourth-order valence-corrected chi connectivity index (χ4v) is 2.51. The number of aromatic amines is 1. The molecule has 2 N–H and O–H groups in total. The Kier molecular flexibility index (Phi) is 3.65. The number of hydrogen-bond donors (Lipinski definition) is 2. The summed E-state index contributed by atoms with van der Waals surface area (Å²) in [6.45, 7) is 12.8. The third-order valence-corrected chi connectivity index (χ3v) is 3.84. The first kappa shape index (κ1) is 13.7. The van der Waals surface area contributed by atoms with Crippen LogP contribution >= 0.6 is 0 Å². The average molecular weight is 257 g/mol. The molecule has 0 saturated carbocycles. The number of aromatic nitrogens is 2. The predicted molar refractivity (Wildman–Crippen MR) is 80.8 cm³/mol. The molecule has 1 unspecified atom stereocenters. The van der Waals surface area contributed by atoms with E-state index in [1.807, 2.05) is 13.8 Å². The summed E-state index contributed by atoms with van der Waals surface area (Å²) in [5.74, 6) is 0. The average Bonchev–Trinajstić information content (AvgIpc) is 2.65. The number of aryl methyl sites for hydroxylation is 5. The second-order valence-electron chi connectivity index (χ2n) is 5.47. The van der Waals surface area contributed by atoms with Gasteiger partial charge in [0.25, 0.3) is 0 Å². The monoisotopic (exact) mass is 257 g/mol. The number of anilines is 1. The summed E-state index contributed by atoms with van der Waals surface area (Å²) < 4.78 is 0. The van der Waals surface area contributed by atoms with Crippen LogP contribution in [0.2, 0.25) is 0 Å². The molecule has 0 amide bonds. The van der Waals surface area contributed by atoms with Gasteiger partial charge in [-0.2, -0.15) is 5.10 Å². The van der Waals surface area contributed by atoms with Gasteiger partial charge in [-0.1, -0.05) is 12.1 Å². The first-order valence-corrected chi connectivity index (χ1v) is 6.76. The van der Waals surface area contributed by atoms with Crippen LogP contribution in [0.4, 0.5) is 5.69 Å². The van der Waals surface area contributed by atoms with Gasteiger partial charge in [0.15, 0.2) is 0 Å². The van der Waals surface area contributed by atoms with Crippen LogP contribution in [-0.2, 0) is 0 Å². The van der Waals surface area contributed by atoms with Crippen molar-refractivity contribution < 1.29 is 0 Å². The zero-order chi connectivity index (χ0) is 14.2. The minimum absolute atomic E-state index is 0.272. The topological polar surface area (TPSA) is 40.7 Å².